The van der Waals surface area contributed by atoms with Gasteiger partial charge in [-0.1, -0.05) is 0 Å². The normalized spacial score (nSPS) is 14.5. The van der Waals surface area contributed by atoms with Crippen molar-refractivity contribution in [1.82, 2.24) is 0 Å². The highest BCUT2D eigenvalue weighted by Crippen LogP contribution is 2.44. The molecule has 0 bridgehead atoms. The third kappa shape index (κ3) is 1.27. The van der Waals surface area contributed by atoms with E-state index < -0.39 is 23.1 Å². The van der Waals surface area contributed by atoms with Crippen LogP contribution in [0.5, 0.6) is 11.5 Å². The number of nitrogen functional groups attached to an aromatic ring is 2. The summed E-state index contributed by atoms with van der Waals surface area (Å²) in [4.78, 5) is 23.5. The first kappa shape index (κ1) is 11.0. The van der Waals surface area contributed by atoms with E-state index in [0.29, 0.717) is 0 Å². The Bertz CT molecular complexity index is 602. The standard InChI is InChI=1S/C11H10N2O4/c1-3-2-4(14)5-6(9(3)15)11(17)8(13)7(12)10(5)16/h2,16-17H,12-13H2,1H3. The van der Waals surface area contributed by atoms with E-state index in [4.69, 9.17) is 11.5 Å². The number of aromatic hydroxyl groups is 2. The molecule has 0 fully saturated rings. The maximum atomic E-state index is 11.8. The molecule has 17 heavy (non-hydrogen) atoms. The molecule has 6 heteroatoms. The number of benzene rings is 1. The van der Waals surface area contributed by atoms with Crippen LogP contribution in [0.15, 0.2) is 11.6 Å². The van der Waals surface area contributed by atoms with Crippen molar-refractivity contribution in [2.24, 2.45) is 0 Å². The molecule has 6 nitrogen and oxygen atoms in total. The van der Waals surface area contributed by atoms with Crippen molar-refractivity contribution in [3.63, 3.8) is 0 Å². The summed E-state index contributed by atoms with van der Waals surface area (Å²) in [6, 6.07) is 0. The average molecular weight is 234 g/mol. The second-order valence-corrected chi connectivity index (χ2v) is 3.80. The number of phenols is 2. The number of hydrogen-bond donors (Lipinski definition) is 4. The molecule has 1 aromatic carbocycles. The number of carbonyl (C=O) groups excluding carboxylic acids is 2. The van der Waals surface area contributed by atoms with E-state index in [0.717, 1.165) is 6.08 Å². The van der Waals surface area contributed by atoms with Gasteiger partial charge in [0, 0.05) is 5.57 Å². The van der Waals surface area contributed by atoms with Crippen LogP contribution in [0.1, 0.15) is 27.6 Å². The summed E-state index contributed by atoms with van der Waals surface area (Å²) >= 11 is 0. The van der Waals surface area contributed by atoms with Gasteiger partial charge in [-0.25, -0.2) is 0 Å². The van der Waals surface area contributed by atoms with Crippen LogP contribution in [0.4, 0.5) is 11.4 Å². The van der Waals surface area contributed by atoms with E-state index in [-0.39, 0.29) is 28.1 Å². The van der Waals surface area contributed by atoms with Crippen molar-refractivity contribution in [1.29, 1.82) is 0 Å². The highest BCUT2D eigenvalue weighted by atomic mass is 16.3. The van der Waals surface area contributed by atoms with Crippen LogP contribution in [-0.4, -0.2) is 21.8 Å². The van der Waals surface area contributed by atoms with E-state index in [1.54, 1.807) is 0 Å². The number of hydrogen-bond acceptors (Lipinski definition) is 6. The Morgan fingerprint density at radius 2 is 1.47 bits per heavy atom. The summed E-state index contributed by atoms with van der Waals surface area (Å²) in [6.45, 7) is 1.44. The van der Waals surface area contributed by atoms with Crippen LogP contribution < -0.4 is 11.5 Å². The molecule has 0 aromatic heterocycles. The Hall–Kier alpha value is -2.50. The Labute approximate surface area is 96.2 Å². The molecular weight excluding hydrogens is 224 g/mol. The molecule has 1 aromatic rings. The Morgan fingerprint density at radius 1 is 1.00 bits per heavy atom. The van der Waals surface area contributed by atoms with Gasteiger partial charge in [-0.15, -0.1) is 0 Å². The number of rotatable bonds is 0. The highest BCUT2D eigenvalue weighted by molar-refractivity contribution is 6.27. The van der Waals surface area contributed by atoms with Gasteiger partial charge in [0.05, 0.1) is 11.1 Å². The lowest BCUT2D eigenvalue weighted by Crippen LogP contribution is -2.17. The predicted octanol–water partition coefficient (Wildman–Crippen LogP) is 0.588. The summed E-state index contributed by atoms with van der Waals surface area (Å²) in [7, 11) is 0. The number of anilines is 2. The van der Waals surface area contributed by atoms with Crippen molar-refractivity contribution in [2.45, 2.75) is 6.92 Å². The largest absolute Gasteiger partial charge is 0.505 e. The van der Waals surface area contributed by atoms with Crippen molar-refractivity contribution >= 4 is 22.9 Å². The molecule has 88 valence electrons. The lowest BCUT2D eigenvalue weighted by molar-refractivity contribution is 0.0980. The number of Topliss-reactive ketones (excluding diaryl/α,β-unsaturated/α-hetero) is 1. The quantitative estimate of drug-likeness (QED) is 0.295. The zero-order chi connectivity index (χ0) is 12.9. The third-order valence-corrected chi connectivity index (χ3v) is 2.70. The second-order valence-electron chi connectivity index (χ2n) is 3.80. The summed E-state index contributed by atoms with van der Waals surface area (Å²) in [5.41, 5.74) is 9.83. The molecule has 0 saturated heterocycles. The van der Waals surface area contributed by atoms with Gasteiger partial charge in [0.15, 0.2) is 23.1 Å². The summed E-state index contributed by atoms with van der Waals surface area (Å²) in [6.07, 6.45) is 1.08. The SMILES string of the molecule is CC1=CC(=O)c2c(O)c(N)c(N)c(O)c2C1=O. The van der Waals surface area contributed by atoms with Gasteiger partial charge < -0.3 is 21.7 Å². The van der Waals surface area contributed by atoms with Crippen molar-refractivity contribution < 1.29 is 19.8 Å². The average Bonchev–Trinajstić information content (AvgIpc) is 2.28. The van der Waals surface area contributed by atoms with E-state index in [1.165, 1.54) is 6.92 Å². The molecule has 0 saturated carbocycles. The van der Waals surface area contributed by atoms with Crippen LogP contribution in [-0.2, 0) is 0 Å². The predicted molar refractivity (Wildman–Crippen MR) is 61.0 cm³/mol. The number of allylic oxidation sites excluding steroid dienone is 2. The van der Waals surface area contributed by atoms with Crippen LogP contribution in [0, 0.1) is 0 Å². The van der Waals surface area contributed by atoms with E-state index in [2.05, 4.69) is 0 Å². The Morgan fingerprint density at radius 3 is 2.00 bits per heavy atom. The van der Waals surface area contributed by atoms with Gasteiger partial charge >= 0.3 is 0 Å². The first-order valence-electron chi connectivity index (χ1n) is 4.76. The Kier molecular flexibility index (Phi) is 2.10. The maximum absolute atomic E-state index is 11.8. The molecule has 0 unspecified atom stereocenters. The minimum Gasteiger partial charge on any atom is -0.505 e. The van der Waals surface area contributed by atoms with E-state index in [9.17, 15) is 19.8 Å². The fourth-order valence-electron chi connectivity index (χ4n) is 1.75. The van der Waals surface area contributed by atoms with Crippen LogP contribution >= 0.6 is 0 Å². The summed E-state index contributed by atoms with van der Waals surface area (Å²) in [5.74, 6) is -2.28. The van der Waals surface area contributed by atoms with Crippen molar-refractivity contribution in [2.75, 3.05) is 11.5 Å². The number of phenolic OH excluding ortho intramolecular Hbond substituents is 2. The molecule has 1 aliphatic carbocycles. The van der Waals surface area contributed by atoms with Crippen LogP contribution in [0.2, 0.25) is 0 Å². The maximum Gasteiger partial charge on any atom is 0.193 e. The van der Waals surface area contributed by atoms with Crippen molar-refractivity contribution in [3.05, 3.63) is 22.8 Å². The van der Waals surface area contributed by atoms with Gasteiger partial charge in [-0.2, -0.15) is 0 Å². The van der Waals surface area contributed by atoms with Crippen LogP contribution in [0.3, 0.4) is 0 Å². The zero-order valence-corrected chi connectivity index (χ0v) is 8.94. The first-order chi connectivity index (χ1) is 7.86. The number of carbonyl (C=O) groups is 2. The topological polar surface area (TPSA) is 127 Å². The minimum absolute atomic E-state index is 0.168. The summed E-state index contributed by atoms with van der Waals surface area (Å²) in [5, 5.41) is 19.4. The van der Waals surface area contributed by atoms with Gasteiger partial charge in [0.25, 0.3) is 0 Å². The molecule has 1 aliphatic rings. The molecular formula is C11H10N2O4. The molecule has 6 N–H and O–H groups in total. The van der Waals surface area contributed by atoms with Gasteiger partial charge in [0.2, 0.25) is 0 Å². The monoisotopic (exact) mass is 234 g/mol. The number of fused-ring (bicyclic) bond motifs is 1. The molecule has 0 atom stereocenters. The van der Waals surface area contributed by atoms with Gasteiger partial charge in [-0.3, -0.25) is 9.59 Å². The Balaban J connectivity index is 2.93. The smallest absolute Gasteiger partial charge is 0.193 e. The second kappa shape index (κ2) is 3.24. The molecule has 0 amide bonds. The van der Waals surface area contributed by atoms with Crippen LogP contribution in [0.25, 0.3) is 0 Å². The first-order valence-corrected chi connectivity index (χ1v) is 4.76. The molecule has 2 rings (SSSR count). The third-order valence-electron chi connectivity index (χ3n) is 2.70. The van der Waals surface area contributed by atoms with Crippen molar-refractivity contribution in [3.8, 4) is 11.5 Å². The fraction of sp³-hybridized carbons (Fsp3) is 0.0909. The van der Waals surface area contributed by atoms with Gasteiger partial charge in [-0.05, 0) is 13.0 Å². The lowest BCUT2D eigenvalue weighted by atomic mass is 9.87. The fourth-order valence-corrected chi connectivity index (χ4v) is 1.75. The van der Waals surface area contributed by atoms with Gasteiger partial charge in [0.1, 0.15) is 11.4 Å². The molecule has 0 spiro atoms. The zero-order valence-electron chi connectivity index (χ0n) is 8.94. The summed E-state index contributed by atoms with van der Waals surface area (Å²) < 4.78 is 0. The number of nitrogens with two attached hydrogens (primary N) is 2. The van der Waals surface area contributed by atoms with E-state index >= 15 is 0 Å². The number of ketones is 2. The minimum atomic E-state index is -0.586. The lowest BCUT2D eigenvalue weighted by Gasteiger charge is -2.18. The van der Waals surface area contributed by atoms with E-state index in [1.807, 2.05) is 0 Å². The molecule has 0 aliphatic heterocycles. The molecule has 0 heterocycles. The molecule has 0 radical (unpaired) electrons. The highest BCUT2D eigenvalue weighted by Gasteiger charge is 2.32.